The van der Waals surface area contributed by atoms with E-state index in [-0.39, 0.29) is 18.1 Å². The van der Waals surface area contributed by atoms with Crippen LogP contribution in [0.3, 0.4) is 0 Å². The van der Waals surface area contributed by atoms with Crippen molar-refractivity contribution < 1.29 is 14.7 Å². The normalized spacial score (nSPS) is 25.9. The van der Waals surface area contributed by atoms with Crippen LogP contribution in [0, 0.1) is 11.3 Å². The van der Waals surface area contributed by atoms with Gasteiger partial charge >= 0.3 is 5.97 Å². The molecule has 1 aliphatic rings. The minimum absolute atomic E-state index is 0.0382. The number of ketones is 1. The Balaban J connectivity index is 2.90. The molecule has 1 atom stereocenters. The lowest BCUT2D eigenvalue weighted by atomic mass is 9.76. The van der Waals surface area contributed by atoms with Crippen LogP contribution in [0.1, 0.15) is 27.2 Å². The van der Waals surface area contributed by atoms with E-state index in [4.69, 9.17) is 5.11 Å². The van der Waals surface area contributed by atoms with E-state index >= 15 is 0 Å². The predicted octanol–water partition coefficient (Wildman–Crippen LogP) is 1.63. The third-order valence-corrected chi connectivity index (χ3v) is 2.79. The molecule has 72 valence electrons. The first-order valence-electron chi connectivity index (χ1n) is 4.30. The quantitative estimate of drug-likeness (QED) is 0.706. The Bertz CT molecular complexity index is 287. The first kappa shape index (κ1) is 9.96. The molecule has 3 heteroatoms. The summed E-state index contributed by atoms with van der Waals surface area (Å²) in [4.78, 5) is 22.0. The van der Waals surface area contributed by atoms with Crippen molar-refractivity contribution in [3.05, 3.63) is 11.6 Å². The summed E-state index contributed by atoms with van der Waals surface area (Å²) in [5.74, 6) is -0.950. The Morgan fingerprint density at radius 2 is 2.15 bits per heavy atom. The number of allylic oxidation sites excluding steroid dienone is 2. The lowest BCUT2D eigenvalue weighted by Gasteiger charge is -2.25. The fourth-order valence-electron chi connectivity index (χ4n) is 1.83. The lowest BCUT2D eigenvalue weighted by molar-refractivity contribution is -0.139. The van der Waals surface area contributed by atoms with Gasteiger partial charge in [-0.25, -0.2) is 0 Å². The standard InChI is InChI=1S/C10H14O3/c1-6-4-8(11)10(2,3)7(6)5-9(12)13/h4,7H,5H2,1-3H3,(H,12,13). The van der Waals surface area contributed by atoms with Crippen LogP contribution in [0.15, 0.2) is 11.6 Å². The highest BCUT2D eigenvalue weighted by molar-refractivity contribution is 5.98. The first-order valence-corrected chi connectivity index (χ1v) is 4.30. The van der Waals surface area contributed by atoms with Gasteiger partial charge in [-0.15, -0.1) is 0 Å². The molecular weight excluding hydrogens is 168 g/mol. The van der Waals surface area contributed by atoms with Crippen LogP contribution in [-0.2, 0) is 9.59 Å². The number of rotatable bonds is 2. The van der Waals surface area contributed by atoms with Gasteiger partial charge in [-0.1, -0.05) is 19.4 Å². The Kier molecular flexibility index (Phi) is 2.28. The second kappa shape index (κ2) is 2.98. The summed E-state index contributed by atoms with van der Waals surface area (Å²) in [5.41, 5.74) is 0.347. The van der Waals surface area contributed by atoms with Crippen molar-refractivity contribution in [2.45, 2.75) is 27.2 Å². The number of hydrogen-bond acceptors (Lipinski definition) is 2. The van der Waals surface area contributed by atoms with Crippen LogP contribution >= 0.6 is 0 Å². The van der Waals surface area contributed by atoms with Gasteiger partial charge in [-0.05, 0) is 13.0 Å². The van der Waals surface area contributed by atoms with Crippen molar-refractivity contribution in [1.82, 2.24) is 0 Å². The molecule has 3 nitrogen and oxygen atoms in total. The van der Waals surface area contributed by atoms with E-state index in [9.17, 15) is 9.59 Å². The molecule has 1 N–H and O–H groups in total. The molecule has 1 rings (SSSR count). The highest BCUT2D eigenvalue weighted by atomic mass is 16.4. The summed E-state index contributed by atoms with van der Waals surface area (Å²) in [6.45, 7) is 5.42. The van der Waals surface area contributed by atoms with Gasteiger partial charge in [0.1, 0.15) is 0 Å². The monoisotopic (exact) mass is 182 g/mol. The summed E-state index contributed by atoms with van der Waals surface area (Å²) in [5, 5.41) is 8.67. The minimum atomic E-state index is -0.847. The van der Waals surface area contributed by atoms with Crippen LogP contribution in [0.2, 0.25) is 0 Å². The number of hydrogen-bond donors (Lipinski definition) is 1. The van der Waals surface area contributed by atoms with E-state index in [2.05, 4.69) is 0 Å². The largest absolute Gasteiger partial charge is 0.481 e. The third-order valence-electron chi connectivity index (χ3n) is 2.79. The Labute approximate surface area is 77.4 Å². The third kappa shape index (κ3) is 1.64. The van der Waals surface area contributed by atoms with Gasteiger partial charge in [-0.2, -0.15) is 0 Å². The summed E-state index contributed by atoms with van der Waals surface area (Å²) in [7, 11) is 0. The minimum Gasteiger partial charge on any atom is -0.481 e. The molecule has 0 bridgehead atoms. The van der Waals surface area contributed by atoms with Crippen LogP contribution in [0.5, 0.6) is 0 Å². The molecule has 0 saturated heterocycles. The fraction of sp³-hybridized carbons (Fsp3) is 0.600. The fourth-order valence-corrected chi connectivity index (χ4v) is 1.83. The molecule has 13 heavy (non-hydrogen) atoms. The van der Waals surface area contributed by atoms with E-state index in [0.717, 1.165) is 5.57 Å². The molecule has 0 radical (unpaired) electrons. The lowest BCUT2D eigenvalue weighted by Crippen LogP contribution is -2.28. The van der Waals surface area contributed by atoms with E-state index in [1.165, 1.54) is 0 Å². The van der Waals surface area contributed by atoms with Crippen molar-refractivity contribution in [1.29, 1.82) is 0 Å². The molecule has 0 heterocycles. The molecule has 0 amide bonds. The van der Waals surface area contributed by atoms with Crippen molar-refractivity contribution in [2.75, 3.05) is 0 Å². The highest BCUT2D eigenvalue weighted by Gasteiger charge is 2.42. The predicted molar refractivity (Wildman–Crippen MR) is 48.3 cm³/mol. The van der Waals surface area contributed by atoms with Gasteiger partial charge in [0.05, 0.1) is 6.42 Å². The molecule has 0 aromatic carbocycles. The number of carboxylic acids is 1. The maximum Gasteiger partial charge on any atom is 0.303 e. The van der Waals surface area contributed by atoms with Gasteiger partial charge < -0.3 is 5.11 Å². The summed E-state index contributed by atoms with van der Waals surface area (Å²) < 4.78 is 0. The Hall–Kier alpha value is -1.12. The smallest absolute Gasteiger partial charge is 0.303 e. The molecule has 0 aliphatic heterocycles. The summed E-state index contributed by atoms with van der Waals surface area (Å²) >= 11 is 0. The van der Waals surface area contributed by atoms with Crippen LogP contribution < -0.4 is 0 Å². The summed E-state index contributed by atoms with van der Waals surface area (Å²) in [6, 6.07) is 0. The Morgan fingerprint density at radius 1 is 1.62 bits per heavy atom. The number of carbonyl (C=O) groups is 2. The molecule has 0 saturated carbocycles. The molecule has 0 aromatic heterocycles. The van der Waals surface area contributed by atoms with Gasteiger partial charge in [-0.3, -0.25) is 9.59 Å². The van der Waals surface area contributed by atoms with E-state index in [1.54, 1.807) is 19.9 Å². The number of carbonyl (C=O) groups excluding carboxylic acids is 1. The zero-order chi connectivity index (χ0) is 10.2. The first-order chi connectivity index (χ1) is 5.85. The number of aliphatic carboxylic acids is 1. The molecule has 0 spiro atoms. The number of carboxylic acid groups (broad SMARTS) is 1. The average Bonchev–Trinajstić information content (AvgIpc) is 2.13. The van der Waals surface area contributed by atoms with Crippen LogP contribution in [0.4, 0.5) is 0 Å². The van der Waals surface area contributed by atoms with Gasteiger partial charge in [0, 0.05) is 11.3 Å². The van der Waals surface area contributed by atoms with Crippen LogP contribution in [0.25, 0.3) is 0 Å². The zero-order valence-electron chi connectivity index (χ0n) is 8.13. The average molecular weight is 182 g/mol. The summed E-state index contributed by atoms with van der Waals surface area (Å²) in [6.07, 6.45) is 1.61. The second-order valence-corrected chi connectivity index (χ2v) is 4.12. The van der Waals surface area contributed by atoms with Crippen molar-refractivity contribution >= 4 is 11.8 Å². The maximum atomic E-state index is 11.4. The van der Waals surface area contributed by atoms with Crippen LogP contribution in [-0.4, -0.2) is 16.9 Å². The molecule has 0 fully saturated rings. The second-order valence-electron chi connectivity index (χ2n) is 4.12. The van der Waals surface area contributed by atoms with E-state index in [1.807, 2.05) is 6.92 Å². The van der Waals surface area contributed by atoms with E-state index < -0.39 is 11.4 Å². The topological polar surface area (TPSA) is 54.4 Å². The SMILES string of the molecule is CC1=CC(=O)C(C)(C)C1CC(=O)O. The highest BCUT2D eigenvalue weighted by Crippen LogP contribution is 2.41. The van der Waals surface area contributed by atoms with Crippen molar-refractivity contribution in [3.63, 3.8) is 0 Å². The van der Waals surface area contributed by atoms with Gasteiger partial charge in [0.2, 0.25) is 0 Å². The maximum absolute atomic E-state index is 11.4. The zero-order valence-corrected chi connectivity index (χ0v) is 8.13. The molecule has 1 aliphatic carbocycles. The van der Waals surface area contributed by atoms with Gasteiger partial charge in [0.15, 0.2) is 5.78 Å². The van der Waals surface area contributed by atoms with E-state index in [0.29, 0.717) is 0 Å². The van der Waals surface area contributed by atoms with Crippen molar-refractivity contribution in [2.24, 2.45) is 11.3 Å². The Morgan fingerprint density at radius 3 is 2.46 bits per heavy atom. The molecule has 1 unspecified atom stereocenters. The van der Waals surface area contributed by atoms with Gasteiger partial charge in [0.25, 0.3) is 0 Å². The molecular formula is C10H14O3. The molecule has 0 aromatic rings. The van der Waals surface area contributed by atoms with Crippen molar-refractivity contribution in [3.8, 4) is 0 Å².